The van der Waals surface area contributed by atoms with Crippen molar-refractivity contribution in [1.82, 2.24) is 14.7 Å². The smallest absolute Gasteiger partial charge is 0.261 e. The number of ether oxygens (including phenoxy) is 6. The van der Waals surface area contributed by atoms with Gasteiger partial charge in [0, 0.05) is 48.0 Å². The van der Waals surface area contributed by atoms with Gasteiger partial charge in [0.15, 0.2) is 29.8 Å². The van der Waals surface area contributed by atoms with Crippen molar-refractivity contribution in [2.24, 2.45) is 0 Å². The Kier molecular flexibility index (Phi) is 8.17. The predicted octanol–water partition coefficient (Wildman–Crippen LogP) is 4.66. The van der Waals surface area contributed by atoms with Gasteiger partial charge in [-0.15, -0.1) is 0 Å². The van der Waals surface area contributed by atoms with E-state index in [1.807, 2.05) is 13.8 Å². The molecular weight excluding hydrogens is 652 g/mol. The van der Waals surface area contributed by atoms with Gasteiger partial charge >= 0.3 is 0 Å². The maximum Gasteiger partial charge on any atom is 0.261 e. The number of nitrogens with zero attached hydrogens (tertiary/aromatic N) is 4. The van der Waals surface area contributed by atoms with Crippen molar-refractivity contribution in [1.29, 1.82) is 5.26 Å². The quantitative estimate of drug-likeness (QED) is 0.177. The number of piperazine rings is 1. The molecule has 1 saturated heterocycles. The zero-order valence-electron chi connectivity index (χ0n) is 29.4. The van der Waals surface area contributed by atoms with Crippen LogP contribution >= 0.6 is 0 Å². The molecule has 0 radical (unpaired) electrons. The summed E-state index contributed by atoms with van der Waals surface area (Å²) >= 11 is 0. The highest BCUT2D eigenvalue weighted by molar-refractivity contribution is 6.21. The molecule has 8 rings (SSSR count). The number of rotatable bonds is 9. The Morgan fingerprint density at radius 2 is 1.71 bits per heavy atom. The van der Waals surface area contributed by atoms with Gasteiger partial charge in [0.05, 0.1) is 36.4 Å². The molecule has 5 aliphatic heterocycles. The number of methoxy groups -OCH3 is 2. The largest absolute Gasteiger partial charge is 0.493 e. The van der Waals surface area contributed by atoms with Crippen LogP contribution in [0.4, 0.5) is 0 Å². The average molecular weight is 693 g/mol. The summed E-state index contributed by atoms with van der Waals surface area (Å²) in [7, 11) is 5.27. The first-order chi connectivity index (χ1) is 24.7. The molecule has 1 fully saturated rings. The van der Waals surface area contributed by atoms with E-state index in [0.717, 1.165) is 33.4 Å². The lowest BCUT2D eigenvalue weighted by molar-refractivity contribution is -0.0766. The van der Waals surface area contributed by atoms with Crippen LogP contribution in [0.1, 0.15) is 66.2 Å². The van der Waals surface area contributed by atoms with Crippen molar-refractivity contribution in [3.63, 3.8) is 0 Å². The summed E-state index contributed by atoms with van der Waals surface area (Å²) in [5.41, 5.74) is 6.14. The monoisotopic (exact) mass is 692 g/mol. The molecule has 0 N–H and O–H groups in total. The Balaban J connectivity index is 1.37. The summed E-state index contributed by atoms with van der Waals surface area (Å²) in [6.07, 6.45) is 2.74. The van der Waals surface area contributed by atoms with Crippen LogP contribution in [-0.2, 0) is 17.6 Å². The van der Waals surface area contributed by atoms with Crippen molar-refractivity contribution in [3.8, 4) is 34.8 Å². The molecule has 0 aliphatic carbocycles. The molecule has 264 valence electrons. The van der Waals surface area contributed by atoms with E-state index in [1.165, 1.54) is 4.90 Å². The fourth-order valence-electron chi connectivity index (χ4n) is 9.16. The summed E-state index contributed by atoms with van der Waals surface area (Å²) in [4.78, 5) is 33.7. The van der Waals surface area contributed by atoms with Gasteiger partial charge in [-0.3, -0.25) is 24.3 Å². The summed E-state index contributed by atoms with van der Waals surface area (Å²) in [5.74, 6) is 2.25. The molecule has 5 heterocycles. The van der Waals surface area contributed by atoms with Gasteiger partial charge < -0.3 is 28.4 Å². The predicted molar refractivity (Wildman–Crippen MR) is 185 cm³/mol. The van der Waals surface area contributed by atoms with Gasteiger partial charge in [-0.05, 0) is 57.0 Å². The van der Waals surface area contributed by atoms with E-state index in [4.69, 9.17) is 28.4 Å². The van der Waals surface area contributed by atoms with Gasteiger partial charge in [0.1, 0.15) is 18.4 Å². The molecule has 0 spiro atoms. The summed E-state index contributed by atoms with van der Waals surface area (Å²) in [6, 6.07) is 9.60. The number of carbonyl (C=O) groups excluding carboxylic acids is 2. The fraction of sp³-hybridized carbons (Fsp3) is 0.410. The Labute approximate surface area is 296 Å². The average Bonchev–Trinajstić information content (AvgIpc) is 3.71. The maximum atomic E-state index is 13.9. The van der Waals surface area contributed by atoms with E-state index in [9.17, 15) is 14.9 Å². The zero-order chi connectivity index (χ0) is 35.7. The van der Waals surface area contributed by atoms with Crippen molar-refractivity contribution in [2.75, 3.05) is 48.0 Å². The lowest BCUT2D eigenvalue weighted by Gasteiger charge is -2.60. The second-order valence-corrected chi connectivity index (χ2v) is 13.6. The van der Waals surface area contributed by atoms with Crippen molar-refractivity contribution in [2.45, 2.75) is 56.9 Å². The van der Waals surface area contributed by atoms with Crippen LogP contribution in [-0.4, -0.2) is 92.6 Å². The molecule has 5 atom stereocenters. The third-order valence-corrected chi connectivity index (χ3v) is 11.1. The van der Waals surface area contributed by atoms with Crippen LogP contribution in [0.5, 0.6) is 28.7 Å². The minimum absolute atomic E-state index is 0.00590. The molecule has 3 aromatic carbocycles. The molecule has 2 amide bonds. The summed E-state index contributed by atoms with van der Waals surface area (Å²) in [5, 5.41) is 11.1. The first-order valence-corrected chi connectivity index (χ1v) is 17.1. The van der Waals surface area contributed by atoms with Crippen molar-refractivity contribution in [3.05, 3.63) is 87.5 Å². The highest BCUT2D eigenvalue weighted by Crippen LogP contribution is 2.59. The number of carbonyl (C=O) groups is 2. The molecule has 5 aliphatic rings. The second kappa shape index (κ2) is 12.6. The van der Waals surface area contributed by atoms with Crippen molar-refractivity contribution >= 4 is 11.8 Å². The standard InChI is InChI=1S/C39H40N4O8/c1-7-12-48-34-21(3)35-37(51-19-50-35)31-25(34)15-27-32-30-22(13-20(2)33(47-6)36(30)49-18-46-5)14-26(41(32)4)28(16-40)43(27)29(31)17-42-38(44)23-10-8-9-11-24(23)39(42)45/h7-11,13,26-29,32H,1,12,14-15,17-19H2,2-6H3/t26-,27+,28+,29+,32?/m1/s1. The van der Waals surface area contributed by atoms with Crippen LogP contribution in [0, 0.1) is 25.2 Å². The van der Waals surface area contributed by atoms with E-state index < -0.39 is 12.1 Å². The maximum absolute atomic E-state index is 13.9. The first kappa shape index (κ1) is 33.1. The third-order valence-electron chi connectivity index (χ3n) is 11.1. The van der Waals surface area contributed by atoms with Gasteiger partial charge in [0.25, 0.3) is 11.8 Å². The van der Waals surface area contributed by atoms with Crippen LogP contribution in [0.15, 0.2) is 43.0 Å². The van der Waals surface area contributed by atoms with Gasteiger partial charge in [-0.25, -0.2) is 0 Å². The Hall–Kier alpha value is -5.09. The lowest BCUT2D eigenvalue weighted by atomic mass is 9.71. The highest BCUT2D eigenvalue weighted by Gasteiger charge is 2.57. The molecule has 12 nitrogen and oxygen atoms in total. The van der Waals surface area contributed by atoms with Crippen molar-refractivity contribution < 1.29 is 38.0 Å². The van der Waals surface area contributed by atoms with Crippen LogP contribution in [0.25, 0.3) is 0 Å². The lowest BCUT2D eigenvalue weighted by Crippen LogP contribution is -2.69. The van der Waals surface area contributed by atoms with E-state index in [2.05, 4.69) is 35.6 Å². The summed E-state index contributed by atoms with van der Waals surface area (Å²) in [6.45, 7) is 8.10. The van der Waals surface area contributed by atoms with E-state index in [1.54, 1.807) is 44.6 Å². The minimum Gasteiger partial charge on any atom is -0.493 e. The van der Waals surface area contributed by atoms with Crippen LogP contribution < -0.4 is 23.7 Å². The SMILES string of the molecule is C=CCOc1c(C)c2c(c3c1C[C@H]1C4c5c(cc(C)c(OC)c5OCOC)C[C@H]([C@H](C#N)N1[C@H]3CN1C(=O)c3ccccc3C1=O)N4C)OCO2. The third kappa shape index (κ3) is 4.75. The first-order valence-electron chi connectivity index (χ1n) is 17.1. The molecule has 12 heteroatoms. The number of fused-ring (bicyclic) bond motifs is 10. The Morgan fingerprint density at radius 1 is 0.980 bits per heavy atom. The van der Waals surface area contributed by atoms with Gasteiger partial charge in [-0.2, -0.15) is 5.26 Å². The summed E-state index contributed by atoms with van der Waals surface area (Å²) < 4.78 is 36.3. The topological polar surface area (TPSA) is 123 Å². The number of imide groups is 1. The molecular formula is C39H40N4O8. The zero-order valence-corrected chi connectivity index (χ0v) is 29.4. The number of aryl methyl sites for hydroxylation is 1. The molecule has 0 aromatic heterocycles. The minimum atomic E-state index is -0.635. The number of amides is 2. The van der Waals surface area contributed by atoms with Crippen LogP contribution in [0.3, 0.4) is 0 Å². The number of nitriles is 1. The van der Waals surface area contributed by atoms with E-state index in [-0.39, 0.29) is 56.7 Å². The number of hydrogen-bond acceptors (Lipinski definition) is 11. The fourth-order valence-corrected chi connectivity index (χ4v) is 9.16. The highest BCUT2D eigenvalue weighted by atomic mass is 16.7. The number of likely N-dealkylation sites (N-methyl/N-ethyl adjacent to an activating group) is 1. The Bertz CT molecular complexity index is 1990. The number of benzene rings is 3. The normalized spacial score (nSPS) is 24.3. The number of hydrogen-bond donors (Lipinski definition) is 0. The van der Waals surface area contributed by atoms with Crippen LogP contribution in [0.2, 0.25) is 0 Å². The molecule has 2 bridgehead atoms. The Morgan fingerprint density at radius 3 is 2.37 bits per heavy atom. The van der Waals surface area contributed by atoms with E-state index in [0.29, 0.717) is 52.7 Å². The van der Waals surface area contributed by atoms with E-state index >= 15 is 0 Å². The molecule has 0 saturated carbocycles. The molecule has 1 unspecified atom stereocenters. The molecule has 3 aromatic rings. The van der Waals surface area contributed by atoms with Gasteiger partial charge in [0.2, 0.25) is 6.79 Å². The van der Waals surface area contributed by atoms with Gasteiger partial charge in [-0.1, -0.05) is 30.9 Å². The second-order valence-electron chi connectivity index (χ2n) is 13.6. The molecule has 51 heavy (non-hydrogen) atoms.